The minimum absolute atomic E-state index is 0.597. The van der Waals surface area contributed by atoms with Gasteiger partial charge in [0.1, 0.15) is 6.10 Å². The smallest absolute Gasteiger partial charge is 0.334 e. The summed E-state index contributed by atoms with van der Waals surface area (Å²) >= 11 is 0. The standard InChI is InChI=1S/C6H15N.C4H8O3/c1-4-7(5-2)6-3;1-3(5)4(6)7-2/h4-6H2,1-3H3;3,5H,1-2H3. The second kappa shape index (κ2) is 10.5. The molecule has 0 heterocycles. The number of hydrogen-bond donors (Lipinski definition) is 1. The van der Waals surface area contributed by atoms with E-state index in [-0.39, 0.29) is 0 Å². The number of aliphatic hydroxyl groups is 1. The van der Waals surface area contributed by atoms with E-state index in [4.69, 9.17) is 5.11 Å². The largest absolute Gasteiger partial charge is 0.467 e. The molecule has 1 unspecified atom stereocenters. The van der Waals surface area contributed by atoms with Gasteiger partial charge in [-0.15, -0.1) is 0 Å². The lowest BCUT2D eigenvalue weighted by Gasteiger charge is -2.13. The summed E-state index contributed by atoms with van der Waals surface area (Å²) < 4.78 is 4.12. The van der Waals surface area contributed by atoms with Crippen LogP contribution < -0.4 is 0 Å². The van der Waals surface area contributed by atoms with E-state index in [9.17, 15) is 4.79 Å². The van der Waals surface area contributed by atoms with Crippen LogP contribution in [0.4, 0.5) is 0 Å². The van der Waals surface area contributed by atoms with Crippen molar-refractivity contribution >= 4 is 5.97 Å². The Labute approximate surface area is 86.9 Å². The highest BCUT2D eigenvalue weighted by molar-refractivity contribution is 5.73. The zero-order chi connectivity index (χ0) is 11.6. The number of esters is 1. The Morgan fingerprint density at radius 3 is 1.64 bits per heavy atom. The van der Waals surface area contributed by atoms with Crippen molar-refractivity contribution < 1.29 is 14.6 Å². The molecule has 0 radical (unpaired) electrons. The minimum atomic E-state index is -0.995. The van der Waals surface area contributed by atoms with Crippen LogP contribution in [0.3, 0.4) is 0 Å². The second-order valence-electron chi connectivity index (χ2n) is 2.82. The molecule has 0 spiro atoms. The molecule has 0 aromatic rings. The van der Waals surface area contributed by atoms with E-state index in [0.717, 1.165) is 0 Å². The summed E-state index contributed by atoms with van der Waals surface area (Å²) in [5.74, 6) is -0.597. The minimum Gasteiger partial charge on any atom is -0.467 e. The van der Waals surface area contributed by atoms with E-state index in [2.05, 4.69) is 30.4 Å². The molecular weight excluding hydrogens is 182 g/mol. The summed E-state index contributed by atoms with van der Waals surface area (Å²) in [5.41, 5.74) is 0. The maximum Gasteiger partial charge on any atom is 0.334 e. The van der Waals surface area contributed by atoms with Gasteiger partial charge < -0.3 is 14.7 Å². The predicted octanol–water partition coefficient (Wildman–Crippen LogP) is 0.888. The molecule has 14 heavy (non-hydrogen) atoms. The van der Waals surface area contributed by atoms with Crippen LogP contribution in [0.2, 0.25) is 0 Å². The number of carbonyl (C=O) groups excluding carboxylic acids is 1. The van der Waals surface area contributed by atoms with Crippen molar-refractivity contribution in [2.75, 3.05) is 26.7 Å². The average molecular weight is 205 g/mol. The Bertz CT molecular complexity index is 128. The normalized spacial score (nSPS) is 11.6. The number of hydrogen-bond acceptors (Lipinski definition) is 4. The highest BCUT2D eigenvalue weighted by Gasteiger charge is 2.05. The van der Waals surface area contributed by atoms with Crippen LogP contribution in [0.1, 0.15) is 27.7 Å². The number of methoxy groups -OCH3 is 1. The molecule has 0 fully saturated rings. The lowest BCUT2D eigenvalue weighted by atomic mass is 10.4. The van der Waals surface area contributed by atoms with Crippen molar-refractivity contribution in [1.82, 2.24) is 4.90 Å². The molecule has 0 amide bonds. The maximum atomic E-state index is 10.0. The lowest BCUT2D eigenvalue weighted by Crippen LogP contribution is -2.21. The highest BCUT2D eigenvalue weighted by Crippen LogP contribution is 1.81. The van der Waals surface area contributed by atoms with Gasteiger partial charge in [-0.2, -0.15) is 0 Å². The summed E-state index contributed by atoms with van der Waals surface area (Å²) in [6, 6.07) is 0. The molecule has 0 aliphatic heterocycles. The topological polar surface area (TPSA) is 49.8 Å². The lowest BCUT2D eigenvalue weighted by molar-refractivity contribution is -0.149. The summed E-state index contributed by atoms with van der Waals surface area (Å²) in [7, 11) is 1.23. The summed E-state index contributed by atoms with van der Waals surface area (Å²) in [5, 5.41) is 8.35. The number of carbonyl (C=O) groups is 1. The first-order chi connectivity index (χ1) is 6.53. The van der Waals surface area contributed by atoms with Gasteiger partial charge in [0, 0.05) is 0 Å². The molecule has 1 N–H and O–H groups in total. The van der Waals surface area contributed by atoms with Gasteiger partial charge in [0.05, 0.1) is 7.11 Å². The molecule has 1 atom stereocenters. The van der Waals surface area contributed by atoms with Crippen molar-refractivity contribution in [3.05, 3.63) is 0 Å². The first-order valence-electron chi connectivity index (χ1n) is 5.01. The molecule has 0 saturated carbocycles. The fourth-order valence-electron chi connectivity index (χ4n) is 0.841. The Hall–Kier alpha value is -0.610. The van der Waals surface area contributed by atoms with Crippen LogP contribution >= 0.6 is 0 Å². The van der Waals surface area contributed by atoms with Gasteiger partial charge in [-0.1, -0.05) is 20.8 Å². The second-order valence-corrected chi connectivity index (χ2v) is 2.82. The van der Waals surface area contributed by atoms with Gasteiger partial charge >= 0.3 is 5.97 Å². The molecule has 0 saturated heterocycles. The van der Waals surface area contributed by atoms with E-state index < -0.39 is 12.1 Å². The number of nitrogens with zero attached hydrogens (tertiary/aromatic N) is 1. The molecule has 0 aliphatic carbocycles. The first-order valence-corrected chi connectivity index (χ1v) is 5.01. The quantitative estimate of drug-likeness (QED) is 0.692. The van der Waals surface area contributed by atoms with E-state index in [0.29, 0.717) is 0 Å². The predicted molar refractivity (Wildman–Crippen MR) is 57.2 cm³/mol. The molecule has 0 aliphatic rings. The Morgan fingerprint density at radius 2 is 1.64 bits per heavy atom. The van der Waals surface area contributed by atoms with Crippen molar-refractivity contribution in [1.29, 1.82) is 0 Å². The Kier molecular flexibility index (Phi) is 11.9. The van der Waals surface area contributed by atoms with E-state index in [1.54, 1.807) is 0 Å². The molecule has 86 valence electrons. The molecule has 4 heteroatoms. The Balaban J connectivity index is 0. The van der Waals surface area contributed by atoms with Crippen LogP contribution in [-0.2, 0) is 9.53 Å². The highest BCUT2D eigenvalue weighted by atomic mass is 16.5. The van der Waals surface area contributed by atoms with Crippen molar-refractivity contribution in [3.8, 4) is 0 Å². The molecule has 4 nitrogen and oxygen atoms in total. The summed E-state index contributed by atoms with van der Waals surface area (Å²) in [6.07, 6.45) is -0.995. The van der Waals surface area contributed by atoms with Crippen LogP contribution in [0.15, 0.2) is 0 Å². The zero-order valence-corrected chi connectivity index (χ0v) is 9.91. The van der Waals surface area contributed by atoms with Gasteiger partial charge in [-0.05, 0) is 26.6 Å². The molecular formula is C10H23NO3. The van der Waals surface area contributed by atoms with E-state index in [1.165, 1.54) is 33.7 Å². The number of ether oxygens (including phenoxy) is 1. The SMILES string of the molecule is CCN(CC)CC.COC(=O)C(C)O. The summed E-state index contributed by atoms with van der Waals surface area (Å²) in [4.78, 5) is 12.4. The molecule has 0 aromatic heterocycles. The van der Waals surface area contributed by atoms with Crippen LogP contribution in [0.25, 0.3) is 0 Å². The zero-order valence-electron chi connectivity index (χ0n) is 9.91. The van der Waals surface area contributed by atoms with Gasteiger partial charge in [0.2, 0.25) is 0 Å². The van der Waals surface area contributed by atoms with Crippen LogP contribution in [0.5, 0.6) is 0 Å². The number of rotatable bonds is 4. The van der Waals surface area contributed by atoms with Crippen molar-refractivity contribution in [3.63, 3.8) is 0 Å². The third kappa shape index (κ3) is 9.48. The van der Waals surface area contributed by atoms with Gasteiger partial charge in [-0.3, -0.25) is 0 Å². The molecule has 0 aromatic carbocycles. The first kappa shape index (κ1) is 15.8. The van der Waals surface area contributed by atoms with Gasteiger partial charge in [-0.25, -0.2) is 4.79 Å². The molecule has 0 bridgehead atoms. The fourth-order valence-corrected chi connectivity index (χ4v) is 0.841. The molecule has 0 rings (SSSR count). The van der Waals surface area contributed by atoms with Crippen LogP contribution in [0, 0.1) is 0 Å². The Morgan fingerprint density at radius 1 is 1.29 bits per heavy atom. The van der Waals surface area contributed by atoms with Crippen molar-refractivity contribution in [2.24, 2.45) is 0 Å². The summed E-state index contributed by atoms with van der Waals surface area (Å²) in [6.45, 7) is 11.5. The fraction of sp³-hybridized carbons (Fsp3) is 0.900. The number of aliphatic hydroxyl groups excluding tert-OH is 1. The monoisotopic (exact) mass is 205 g/mol. The third-order valence-electron chi connectivity index (χ3n) is 1.88. The van der Waals surface area contributed by atoms with Gasteiger partial charge in [0.15, 0.2) is 0 Å². The van der Waals surface area contributed by atoms with E-state index in [1.807, 2.05) is 0 Å². The maximum absolute atomic E-state index is 10.0. The average Bonchev–Trinajstić information content (AvgIpc) is 2.20. The van der Waals surface area contributed by atoms with Crippen molar-refractivity contribution in [2.45, 2.75) is 33.8 Å². The van der Waals surface area contributed by atoms with Crippen LogP contribution in [-0.4, -0.2) is 48.8 Å². The van der Waals surface area contributed by atoms with E-state index >= 15 is 0 Å². The van der Waals surface area contributed by atoms with Gasteiger partial charge in [0.25, 0.3) is 0 Å². The third-order valence-corrected chi connectivity index (χ3v) is 1.88.